The van der Waals surface area contributed by atoms with Crippen molar-refractivity contribution in [2.75, 3.05) is 0 Å². The first kappa shape index (κ1) is 23.6. The van der Waals surface area contributed by atoms with Crippen molar-refractivity contribution in [1.82, 2.24) is 14.5 Å². The molecular formula is C40H23N3O. The third-order valence-corrected chi connectivity index (χ3v) is 8.97. The Bertz CT molecular complexity index is 2770. The number of nitrogens with zero attached hydrogens (tertiary/aromatic N) is 3. The van der Waals surface area contributed by atoms with Crippen molar-refractivity contribution in [3.05, 3.63) is 140 Å². The monoisotopic (exact) mass is 561 g/mol. The topological polar surface area (TPSA) is 43.9 Å². The lowest BCUT2D eigenvalue weighted by Crippen LogP contribution is -2.04. The van der Waals surface area contributed by atoms with Crippen LogP contribution in [0.15, 0.2) is 144 Å². The minimum absolute atomic E-state index is 0.656. The van der Waals surface area contributed by atoms with E-state index < -0.39 is 0 Å². The standard InChI is InChI=1S/C40H23N3O/c1-2-11-25(12-3-1)37-31-21-18-24-10-4-5-13-27(24)38(31)42-40(41-37)43-34-16-8-6-14-28(34)30-20-19-26-22-36-33(23-32(26)39(30)43)29-15-7-9-17-35(29)44-36/h1-23H. The van der Waals surface area contributed by atoms with Crippen LogP contribution in [-0.4, -0.2) is 14.5 Å². The second-order valence-electron chi connectivity index (χ2n) is 11.4. The van der Waals surface area contributed by atoms with Crippen molar-refractivity contribution >= 4 is 76.2 Å². The van der Waals surface area contributed by atoms with Gasteiger partial charge in [-0.2, -0.15) is 0 Å². The largest absolute Gasteiger partial charge is 0.456 e. The van der Waals surface area contributed by atoms with Crippen LogP contribution in [0.25, 0.3) is 93.4 Å². The van der Waals surface area contributed by atoms with E-state index in [2.05, 4.69) is 126 Å². The Balaban J connectivity index is 1.40. The third-order valence-electron chi connectivity index (χ3n) is 8.97. The molecule has 0 atom stereocenters. The van der Waals surface area contributed by atoms with Crippen LogP contribution >= 0.6 is 0 Å². The lowest BCUT2D eigenvalue weighted by Gasteiger charge is -2.14. The Hall–Kier alpha value is -6.00. The zero-order chi connectivity index (χ0) is 28.8. The summed E-state index contributed by atoms with van der Waals surface area (Å²) in [6, 6.07) is 48.9. The van der Waals surface area contributed by atoms with E-state index >= 15 is 0 Å². The minimum atomic E-state index is 0.656. The molecule has 0 bridgehead atoms. The van der Waals surface area contributed by atoms with Gasteiger partial charge in [0.1, 0.15) is 11.2 Å². The Morgan fingerprint density at radius 3 is 2.09 bits per heavy atom. The maximum atomic E-state index is 6.27. The molecule has 0 radical (unpaired) electrons. The van der Waals surface area contributed by atoms with Crippen LogP contribution in [0.1, 0.15) is 0 Å². The first-order chi connectivity index (χ1) is 21.8. The molecule has 0 aliphatic heterocycles. The summed E-state index contributed by atoms with van der Waals surface area (Å²) in [6.07, 6.45) is 0. The number of fused-ring (bicyclic) bond motifs is 11. The van der Waals surface area contributed by atoms with Gasteiger partial charge in [-0.05, 0) is 41.1 Å². The molecule has 0 fully saturated rings. The van der Waals surface area contributed by atoms with Gasteiger partial charge in [0.25, 0.3) is 0 Å². The number of hydrogen-bond acceptors (Lipinski definition) is 3. The van der Waals surface area contributed by atoms with E-state index in [9.17, 15) is 0 Å². The molecule has 10 rings (SSSR count). The van der Waals surface area contributed by atoms with Crippen LogP contribution in [0.3, 0.4) is 0 Å². The normalized spacial score (nSPS) is 12.1. The fourth-order valence-electron chi connectivity index (χ4n) is 6.98. The number of aromatic nitrogens is 3. The molecule has 0 spiro atoms. The van der Waals surface area contributed by atoms with Gasteiger partial charge in [-0.3, -0.25) is 4.57 Å². The highest BCUT2D eigenvalue weighted by Gasteiger charge is 2.20. The molecule has 0 saturated carbocycles. The van der Waals surface area contributed by atoms with E-state index in [0.29, 0.717) is 5.95 Å². The van der Waals surface area contributed by atoms with Crippen LogP contribution in [-0.2, 0) is 0 Å². The summed E-state index contributed by atoms with van der Waals surface area (Å²) in [7, 11) is 0. The molecule has 204 valence electrons. The van der Waals surface area contributed by atoms with Gasteiger partial charge >= 0.3 is 0 Å². The first-order valence-corrected chi connectivity index (χ1v) is 14.8. The number of para-hydroxylation sites is 2. The molecule has 4 heteroatoms. The first-order valence-electron chi connectivity index (χ1n) is 14.8. The summed E-state index contributed by atoms with van der Waals surface area (Å²) in [6.45, 7) is 0. The van der Waals surface area contributed by atoms with Gasteiger partial charge in [0.2, 0.25) is 5.95 Å². The number of rotatable bonds is 2. The molecule has 10 aromatic rings. The predicted octanol–water partition coefficient (Wildman–Crippen LogP) is 10.6. The SMILES string of the molecule is c1ccc(-c2nc(-n3c4ccccc4c4ccc5cc6oc7ccccc7c6cc5c43)nc3c2ccc2ccccc23)cc1. The van der Waals surface area contributed by atoms with Gasteiger partial charge in [0.05, 0.1) is 22.2 Å². The highest BCUT2D eigenvalue weighted by Crippen LogP contribution is 2.40. The van der Waals surface area contributed by atoms with Crippen molar-refractivity contribution in [2.45, 2.75) is 0 Å². The number of benzene rings is 7. The van der Waals surface area contributed by atoms with Crippen LogP contribution in [0.5, 0.6) is 0 Å². The third kappa shape index (κ3) is 3.22. The van der Waals surface area contributed by atoms with Gasteiger partial charge in [0, 0.05) is 43.3 Å². The summed E-state index contributed by atoms with van der Waals surface area (Å²) in [4.78, 5) is 10.7. The molecule has 3 aromatic heterocycles. The molecule has 0 amide bonds. The van der Waals surface area contributed by atoms with Crippen molar-refractivity contribution < 1.29 is 4.42 Å². The van der Waals surface area contributed by atoms with Crippen LogP contribution in [0.2, 0.25) is 0 Å². The summed E-state index contributed by atoms with van der Waals surface area (Å²) >= 11 is 0. The van der Waals surface area contributed by atoms with E-state index in [0.717, 1.165) is 76.7 Å². The summed E-state index contributed by atoms with van der Waals surface area (Å²) in [5.41, 5.74) is 6.88. The zero-order valence-corrected chi connectivity index (χ0v) is 23.5. The highest BCUT2D eigenvalue weighted by molar-refractivity contribution is 6.22. The van der Waals surface area contributed by atoms with Crippen LogP contribution in [0.4, 0.5) is 0 Å². The molecule has 0 saturated heterocycles. The molecule has 0 unspecified atom stereocenters. The van der Waals surface area contributed by atoms with Crippen molar-refractivity contribution in [1.29, 1.82) is 0 Å². The number of furan rings is 1. The van der Waals surface area contributed by atoms with Crippen LogP contribution < -0.4 is 0 Å². The summed E-state index contributed by atoms with van der Waals surface area (Å²) in [5, 5.41) is 10.1. The van der Waals surface area contributed by atoms with Gasteiger partial charge < -0.3 is 4.42 Å². The van der Waals surface area contributed by atoms with E-state index in [1.807, 2.05) is 18.2 Å². The second-order valence-corrected chi connectivity index (χ2v) is 11.4. The molecule has 7 aromatic carbocycles. The molecule has 4 nitrogen and oxygen atoms in total. The fraction of sp³-hybridized carbons (Fsp3) is 0. The fourth-order valence-corrected chi connectivity index (χ4v) is 6.98. The molecule has 0 aliphatic carbocycles. The van der Waals surface area contributed by atoms with Gasteiger partial charge in [-0.25, -0.2) is 9.97 Å². The molecular weight excluding hydrogens is 538 g/mol. The van der Waals surface area contributed by atoms with Crippen molar-refractivity contribution in [3.63, 3.8) is 0 Å². The Labute approximate surface area is 251 Å². The predicted molar refractivity (Wildman–Crippen MR) is 182 cm³/mol. The van der Waals surface area contributed by atoms with E-state index in [1.165, 1.54) is 10.8 Å². The zero-order valence-electron chi connectivity index (χ0n) is 23.5. The van der Waals surface area contributed by atoms with E-state index in [1.54, 1.807) is 0 Å². The molecule has 44 heavy (non-hydrogen) atoms. The van der Waals surface area contributed by atoms with E-state index in [-0.39, 0.29) is 0 Å². The minimum Gasteiger partial charge on any atom is -0.456 e. The lowest BCUT2D eigenvalue weighted by molar-refractivity contribution is 0.669. The lowest BCUT2D eigenvalue weighted by atomic mass is 10.0. The molecule has 0 N–H and O–H groups in total. The Kier molecular flexibility index (Phi) is 4.69. The number of hydrogen-bond donors (Lipinski definition) is 0. The van der Waals surface area contributed by atoms with Gasteiger partial charge in [-0.1, -0.05) is 109 Å². The van der Waals surface area contributed by atoms with Gasteiger partial charge in [-0.15, -0.1) is 0 Å². The Morgan fingerprint density at radius 2 is 1.18 bits per heavy atom. The highest BCUT2D eigenvalue weighted by atomic mass is 16.3. The molecule has 3 heterocycles. The van der Waals surface area contributed by atoms with Gasteiger partial charge in [0.15, 0.2) is 0 Å². The molecule has 0 aliphatic rings. The smallest absolute Gasteiger partial charge is 0.235 e. The second kappa shape index (κ2) is 8.76. The van der Waals surface area contributed by atoms with Crippen molar-refractivity contribution in [2.24, 2.45) is 0 Å². The summed E-state index contributed by atoms with van der Waals surface area (Å²) in [5.74, 6) is 0.656. The maximum Gasteiger partial charge on any atom is 0.235 e. The maximum absolute atomic E-state index is 6.27. The van der Waals surface area contributed by atoms with E-state index in [4.69, 9.17) is 14.4 Å². The Morgan fingerprint density at radius 1 is 0.455 bits per heavy atom. The van der Waals surface area contributed by atoms with Crippen LogP contribution in [0, 0.1) is 0 Å². The summed E-state index contributed by atoms with van der Waals surface area (Å²) < 4.78 is 8.53. The quantitative estimate of drug-likeness (QED) is 0.197. The average Bonchev–Trinajstić information content (AvgIpc) is 3.62. The van der Waals surface area contributed by atoms with Crippen molar-refractivity contribution in [3.8, 4) is 17.2 Å². The average molecular weight is 562 g/mol.